The third-order valence-electron chi connectivity index (χ3n) is 2.35. The van der Waals surface area contributed by atoms with Crippen molar-refractivity contribution in [3.63, 3.8) is 0 Å². The minimum Gasteiger partial charge on any atom is -0.298 e. The second-order valence-corrected chi connectivity index (χ2v) is 7.92. The summed E-state index contributed by atoms with van der Waals surface area (Å²) in [6, 6.07) is 0. The average Bonchev–Trinajstić information content (AvgIpc) is 2.30. The lowest BCUT2D eigenvalue weighted by Gasteiger charge is -2.17. The number of halogens is 2. The van der Waals surface area contributed by atoms with Crippen LogP contribution in [0.15, 0.2) is 20.3 Å². The fourth-order valence-electron chi connectivity index (χ4n) is 1.51. The van der Waals surface area contributed by atoms with Gasteiger partial charge in [0.15, 0.2) is 0 Å². The molecule has 76 valence electrons. The van der Waals surface area contributed by atoms with Gasteiger partial charge >= 0.3 is 0 Å². The van der Waals surface area contributed by atoms with Crippen molar-refractivity contribution in [3.8, 4) is 0 Å². The molecule has 2 aliphatic rings. The second-order valence-electron chi connectivity index (χ2n) is 3.28. The monoisotopic (exact) mass is 414 g/mol. The van der Waals surface area contributed by atoms with Gasteiger partial charge in [-0.1, -0.05) is 53.6 Å². The summed E-state index contributed by atoms with van der Waals surface area (Å²) < 4.78 is 9.05. The molecule has 2 aliphatic heterocycles. The Morgan fingerprint density at radius 2 is 1.50 bits per heavy atom. The third kappa shape index (κ3) is 2.68. The normalized spacial score (nSPS) is 30.6. The van der Waals surface area contributed by atoms with Gasteiger partial charge in [0.25, 0.3) is 0 Å². The van der Waals surface area contributed by atoms with Crippen LogP contribution in [0.2, 0.25) is 0 Å². The Morgan fingerprint density at radius 1 is 1.00 bits per heavy atom. The second kappa shape index (κ2) is 5.44. The lowest BCUT2D eigenvalue weighted by atomic mass is 9.89. The summed E-state index contributed by atoms with van der Waals surface area (Å²) in [6.07, 6.45) is 6.24. The zero-order valence-electron chi connectivity index (χ0n) is 7.70. The zero-order chi connectivity index (χ0) is 9.80. The largest absolute Gasteiger partial charge is 0.298 e. The van der Waals surface area contributed by atoms with Crippen molar-refractivity contribution in [1.29, 1.82) is 0 Å². The molecule has 2 rings (SSSR count). The maximum absolute atomic E-state index is 12.0. The predicted octanol–water partition coefficient (Wildman–Crippen LogP) is 3.17. The molecule has 3 heteroatoms. The lowest BCUT2D eigenvalue weighted by Crippen LogP contribution is -2.22. The quantitative estimate of drug-likeness (QED) is 0.635. The molecule has 0 aromatic rings. The van der Waals surface area contributed by atoms with Gasteiger partial charge in [-0.15, -0.1) is 0 Å². The van der Waals surface area contributed by atoms with Crippen LogP contribution in [-0.4, -0.2) is 13.8 Å². The fraction of sp³-hybridized carbons (Fsp3) is 0.364. The molecule has 0 saturated heterocycles. The molecular weight excluding hydrogens is 402 g/mol. The van der Waals surface area contributed by atoms with Gasteiger partial charge in [-0.05, 0) is 29.0 Å². The number of hydrogen-bond donors (Lipinski definition) is 0. The molecule has 0 bridgehead atoms. The molecule has 0 radical (unpaired) electrons. The van der Waals surface area contributed by atoms with Gasteiger partial charge in [-0.3, -0.25) is 4.79 Å². The van der Waals surface area contributed by atoms with Crippen molar-refractivity contribution in [3.05, 3.63) is 20.3 Å². The topological polar surface area (TPSA) is 17.1 Å². The van der Waals surface area contributed by atoms with Crippen LogP contribution in [0.5, 0.6) is 0 Å². The van der Waals surface area contributed by atoms with E-state index in [1.807, 2.05) is 0 Å². The van der Waals surface area contributed by atoms with Crippen LogP contribution in [0.3, 0.4) is 0 Å². The van der Waals surface area contributed by atoms with E-state index >= 15 is 0 Å². The summed E-state index contributed by atoms with van der Waals surface area (Å²) in [5, 5.41) is 0. The zero-order valence-corrected chi connectivity index (χ0v) is 12.0. The smallest absolute Gasteiger partial charge is 0.147 e. The van der Waals surface area contributed by atoms with E-state index in [1.165, 1.54) is 0 Å². The minimum absolute atomic E-state index is 0.165. The van der Waals surface area contributed by atoms with Crippen molar-refractivity contribution in [2.75, 3.05) is 0 Å². The summed E-state index contributed by atoms with van der Waals surface area (Å²) >= 11 is 0.330. The number of hydrogen-bond acceptors (Lipinski definition) is 1. The van der Waals surface area contributed by atoms with E-state index < -0.39 is 0 Å². The average molecular weight is 414 g/mol. The summed E-state index contributed by atoms with van der Waals surface area (Å²) in [7, 11) is 0. The number of ketones is 1. The standard InChI is InChI=1S/C11H12I2O/c14-11(9-1-5-12-6-2-9)10-3-7-13-8-4-10/h1,3,5-10H,2,4H2. The minimum atomic E-state index is 0.165. The highest BCUT2D eigenvalue weighted by Gasteiger charge is 2.23. The van der Waals surface area contributed by atoms with E-state index in [9.17, 15) is 4.79 Å². The Morgan fingerprint density at radius 3 is 1.86 bits per heavy atom. The van der Waals surface area contributed by atoms with E-state index in [0.717, 1.165) is 12.8 Å². The number of allylic oxidation sites excluding steroid dienone is 2. The SMILES string of the molecule is O=C(C1C=CI=CC1)C1C=CI=CC1. The lowest BCUT2D eigenvalue weighted by molar-refractivity contribution is -0.123. The van der Waals surface area contributed by atoms with Crippen molar-refractivity contribution >= 4 is 55.3 Å². The highest BCUT2D eigenvalue weighted by molar-refractivity contribution is 14.2. The number of Topliss-reactive ketones (excluding diaryl/α,β-unsaturated/α-hetero) is 1. The van der Waals surface area contributed by atoms with Gasteiger partial charge in [-0.25, -0.2) is 0 Å². The molecule has 2 atom stereocenters. The third-order valence-corrected chi connectivity index (χ3v) is 6.05. The summed E-state index contributed by atoms with van der Waals surface area (Å²) in [4.78, 5) is 12.0. The first-order chi connectivity index (χ1) is 6.88. The molecule has 0 amide bonds. The van der Waals surface area contributed by atoms with E-state index in [0.29, 0.717) is 5.78 Å². The van der Waals surface area contributed by atoms with Crippen LogP contribution >= 0.6 is 41.5 Å². The predicted molar refractivity (Wildman–Crippen MR) is 79.7 cm³/mol. The molecule has 0 spiro atoms. The molecule has 2 heterocycles. The van der Waals surface area contributed by atoms with Crippen LogP contribution in [0.25, 0.3) is 0 Å². The van der Waals surface area contributed by atoms with Crippen molar-refractivity contribution in [2.24, 2.45) is 11.8 Å². The molecule has 2 unspecified atom stereocenters. The number of rotatable bonds is 2. The van der Waals surface area contributed by atoms with Crippen LogP contribution in [-0.2, 0) is 4.79 Å². The molecule has 0 fully saturated rings. The Hall–Kier alpha value is 0.350. The molecule has 0 aromatic carbocycles. The van der Waals surface area contributed by atoms with Gasteiger partial charge in [0.2, 0.25) is 0 Å². The van der Waals surface area contributed by atoms with Crippen molar-refractivity contribution in [1.82, 2.24) is 0 Å². The van der Waals surface area contributed by atoms with Crippen molar-refractivity contribution in [2.45, 2.75) is 12.8 Å². The van der Waals surface area contributed by atoms with Gasteiger partial charge < -0.3 is 0 Å². The first kappa shape index (κ1) is 10.9. The van der Waals surface area contributed by atoms with Gasteiger partial charge in [0, 0.05) is 11.8 Å². The molecule has 0 aliphatic carbocycles. The maximum Gasteiger partial charge on any atom is 0.147 e. The Bertz CT molecular complexity index is 307. The highest BCUT2D eigenvalue weighted by Crippen LogP contribution is 2.24. The maximum atomic E-state index is 12.0. The first-order valence-electron chi connectivity index (χ1n) is 4.62. The van der Waals surface area contributed by atoms with Crippen molar-refractivity contribution < 1.29 is 4.79 Å². The first-order valence-corrected chi connectivity index (χ1v) is 9.60. The molecule has 1 nitrogen and oxygen atoms in total. The number of carbonyl (C=O) groups excluding carboxylic acids is 1. The van der Waals surface area contributed by atoms with E-state index in [2.05, 4.69) is 28.3 Å². The highest BCUT2D eigenvalue weighted by atomic mass is 127. The van der Waals surface area contributed by atoms with E-state index in [1.54, 1.807) is 0 Å². The molecule has 0 saturated carbocycles. The van der Waals surface area contributed by atoms with Crippen LogP contribution < -0.4 is 0 Å². The fourth-order valence-corrected chi connectivity index (χ4v) is 5.26. The number of carbonyl (C=O) groups is 1. The van der Waals surface area contributed by atoms with Gasteiger partial charge in [0.1, 0.15) is 5.78 Å². The summed E-state index contributed by atoms with van der Waals surface area (Å²) in [5.74, 6) is 0.794. The molecule has 0 N–H and O–H groups in total. The summed E-state index contributed by atoms with van der Waals surface area (Å²) in [6.45, 7) is 0. The van der Waals surface area contributed by atoms with Crippen LogP contribution in [0.4, 0.5) is 0 Å². The Balaban J connectivity index is 2.01. The molecule has 0 aromatic heterocycles. The molecular formula is C11H12I2O. The van der Waals surface area contributed by atoms with E-state index in [-0.39, 0.29) is 53.3 Å². The summed E-state index contributed by atoms with van der Waals surface area (Å²) in [5.41, 5.74) is 0. The van der Waals surface area contributed by atoms with Gasteiger partial charge in [0.05, 0.1) is 0 Å². The van der Waals surface area contributed by atoms with Gasteiger partial charge in [-0.2, -0.15) is 0 Å². The van der Waals surface area contributed by atoms with Crippen LogP contribution in [0, 0.1) is 11.8 Å². The Kier molecular flexibility index (Phi) is 4.22. The van der Waals surface area contributed by atoms with E-state index in [4.69, 9.17) is 0 Å². The Labute approximate surface area is 104 Å². The molecule has 14 heavy (non-hydrogen) atoms. The van der Waals surface area contributed by atoms with Crippen LogP contribution in [0.1, 0.15) is 12.8 Å².